The highest BCUT2D eigenvalue weighted by Crippen LogP contribution is 2.30. The minimum absolute atomic E-state index is 0.416. The van der Waals surface area contributed by atoms with E-state index in [1.54, 1.807) is 12.3 Å². The molecule has 0 unspecified atom stereocenters. The van der Waals surface area contributed by atoms with E-state index in [-0.39, 0.29) is 0 Å². The average molecular weight is 286 g/mol. The molecule has 0 aliphatic rings. The van der Waals surface area contributed by atoms with Gasteiger partial charge >= 0.3 is 6.18 Å². The summed E-state index contributed by atoms with van der Waals surface area (Å²) in [7, 11) is 0. The van der Waals surface area contributed by atoms with Crippen LogP contribution in [-0.4, -0.2) is 11.5 Å². The smallest absolute Gasteiger partial charge is 0.330 e. The number of alkyl halides is 3. The monoisotopic (exact) mass is 286 g/mol. The molecule has 1 heterocycles. The highest BCUT2D eigenvalue weighted by Gasteiger charge is 2.30. The molecule has 0 saturated heterocycles. The van der Waals surface area contributed by atoms with Gasteiger partial charge in [0.25, 0.3) is 0 Å². The number of hydrogen-bond acceptors (Lipinski definition) is 3. The second-order valence-electron chi connectivity index (χ2n) is 4.13. The highest BCUT2D eigenvalue weighted by atomic mass is 32.1. The minimum Gasteiger partial charge on any atom is -0.330 e. The zero-order valence-corrected chi connectivity index (χ0v) is 10.9. The van der Waals surface area contributed by atoms with Crippen molar-refractivity contribution in [2.45, 2.75) is 19.0 Å². The maximum absolute atomic E-state index is 12.6. The molecule has 19 heavy (non-hydrogen) atoms. The molecule has 0 aliphatic heterocycles. The fourth-order valence-corrected chi connectivity index (χ4v) is 2.69. The molecule has 1 aromatic carbocycles. The van der Waals surface area contributed by atoms with Crippen LogP contribution in [0.1, 0.15) is 21.0 Å². The van der Waals surface area contributed by atoms with Gasteiger partial charge in [0.15, 0.2) is 0 Å². The summed E-state index contributed by atoms with van der Waals surface area (Å²) in [5, 5.41) is 0.808. The maximum Gasteiger partial charge on any atom is 0.416 e. The number of rotatable bonds is 4. The van der Waals surface area contributed by atoms with Crippen LogP contribution in [0.5, 0.6) is 0 Å². The normalized spacial score (nSPS) is 11.8. The summed E-state index contributed by atoms with van der Waals surface area (Å²) in [6.45, 7) is 0.547. The molecule has 0 radical (unpaired) electrons. The van der Waals surface area contributed by atoms with Crippen LogP contribution in [0.4, 0.5) is 13.2 Å². The van der Waals surface area contributed by atoms with E-state index in [2.05, 4.69) is 4.98 Å². The van der Waals surface area contributed by atoms with Crippen LogP contribution in [0.2, 0.25) is 0 Å². The summed E-state index contributed by atoms with van der Waals surface area (Å²) in [4.78, 5) is 5.26. The first-order valence-corrected chi connectivity index (χ1v) is 6.60. The Morgan fingerprint density at radius 3 is 2.74 bits per heavy atom. The Balaban J connectivity index is 2.14. The van der Waals surface area contributed by atoms with Crippen LogP contribution in [-0.2, 0) is 19.0 Å². The summed E-state index contributed by atoms with van der Waals surface area (Å²) in [5.41, 5.74) is 5.44. The van der Waals surface area contributed by atoms with Crippen LogP contribution in [0, 0.1) is 0 Å². The zero-order valence-electron chi connectivity index (χ0n) is 10.1. The van der Waals surface area contributed by atoms with Gasteiger partial charge in [0.2, 0.25) is 0 Å². The number of nitrogens with zero attached hydrogens (tertiary/aromatic N) is 1. The third kappa shape index (κ3) is 3.78. The van der Waals surface area contributed by atoms with Gasteiger partial charge in [-0.05, 0) is 24.6 Å². The Hall–Kier alpha value is -1.40. The summed E-state index contributed by atoms with van der Waals surface area (Å²) < 4.78 is 37.8. The van der Waals surface area contributed by atoms with Crippen molar-refractivity contribution in [1.82, 2.24) is 4.98 Å². The first-order chi connectivity index (χ1) is 8.99. The average Bonchev–Trinajstić information content (AvgIpc) is 2.76. The summed E-state index contributed by atoms with van der Waals surface area (Å²) >= 11 is 1.49. The van der Waals surface area contributed by atoms with E-state index in [0.717, 1.165) is 22.4 Å². The van der Waals surface area contributed by atoms with Crippen molar-refractivity contribution in [3.8, 4) is 0 Å². The lowest BCUT2D eigenvalue weighted by Crippen LogP contribution is -2.05. The van der Waals surface area contributed by atoms with Gasteiger partial charge in [-0.15, -0.1) is 11.3 Å². The third-order valence-electron chi connectivity index (χ3n) is 2.60. The predicted molar refractivity (Wildman–Crippen MR) is 69.1 cm³/mol. The van der Waals surface area contributed by atoms with Gasteiger partial charge < -0.3 is 5.73 Å². The molecule has 0 fully saturated rings. The number of thiazole rings is 1. The maximum atomic E-state index is 12.6. The van der Waals surface area contributed by atoms with E-state index in [9.17, 15) is 13.2 Å². The fraction of sp³-hybridized carbons (Fsp3) is 0.308. The molecule has 1 aromatic heterocycles. The third-order valence-corrected chi connectivity index (χ3v) is 3.66. The molecule has 2 N–H and O–H groups in total. The minimum atomic E-state index is -4.30. The summed E-state index contributed by atoms with van der Waals surface area (Å²) in [6.07, 6.45) is -1.40. The fourth-order valence-electron chi connectivity index (χ4n) is 1.72. The van der Waals surface area contributed by atoms with E-state index < -0.39 is 11.7 Å². The van der Waals surface area contributed by atoms with E-state index >= 15 is 0 Å². The van der Waals surface area contributed by atoms with Crippen LogP contribution >= 0.6 is 11.3 Å². The molecule has 0 bridgehead atoms. The van der Waals surface area contributed by atoms with Crippen molar-refractivity contribution in [3.05, 3.63) is 51.5 Å². The quantitative estimate of drug-likeness (QED) is 0.937. The second kappa shape index (κ2) is 5.71. The highest BCUT2D eigenvalue weighted by molar-refractivity contribution is 7.11. The van der Waals surface area contributed by atoms with Crippen LogP contribution in [0.25, 0.3) is 0 Å². The molecular formula is C13H13F3N2S. The van der Waals surface area contributed by atoms with Crippen molar-refractivity contribution >= 4 is 11.3 Å². The Labute approximate surface area is 113 Å². The van der Waals surface area contributed by atoms with Crippen LogP contribution < -0.4 is 5.73 Å². The lowest BCUT2D eigenvalue weighted by molar-refractivity contribution is -0.137. The Morgan fingerprint density at radius 2 is 2.05 bits per heavy atom. The topological polar surface area (TPSA) is 38.9 Å². The standard InChI is InChI=1S/C13H13F3N2S/c14-13(15,16)10-3-1-2-9(6-10)7-12-18-8-11(19-12)4-5-17/h1-3,6,8H,4-5,7,17H2. The SMILES string of the molecule is NCCc1cnc(Cc2cccc(C(F)(F)F)c2)s1. The van der Waals surface area contributed by atoms with Crippen molar-refractivity contribution in [1.29, 1.82) is 0 Å². The Morgan fingerprint density at radius 1 is 1.26 bits per heavy atom. The Bertz CT molecular complexity index is 549. The molecule has 0 spiro atoms. The Kier molecular flexibility index (Phi) is 4.21. The van der Waals surface area contributed by atoms with Crippen LogP contribution in [0.15, 0.2) is 30.5 Å². The molecule has 0 atom stereocenters. The number of hydrogen-bond donors (Lipinski definition) is 1. The summed E-state index contributed by atoms with van der Waals surface area (Å²) in [6, 6.07) is 5.35. The molecule has 102 valence electrons. The lowest BCUT2D eigenvalue weighted by atomic mass is 10.1. The largest absolute Gasteiger partial charge is 0.416 e. The van der Waals surface area contributed by atoms with Gasteiger partial charge in [0.1, 0.15) is 0 Å². The number of nitrogens with two attached hydrogens (primary N) is 1. The molecule has 0 amide bonds. The molecule has 2 nitrogen and oxygen atoms in total. The molecule has 2 aromatic rings. The number of aromatic nitrogens is 1. The van der Waals surface area contributed by atoms with Crippen molar-refractivity contribution in [3.63, 3.8) is 0 Å². The van der Waals surface area contributed by atoms with Crippen LogP contribution in [0.3, 0.4) is 0 Å². The van der Waals surface area contributed by atoms with Gasteiger partial charge in [-0.25, -0.2) is 4.98 Å². The van der Waals surface area contributed by atoms with Crippen molar-refractivity contribution < 1.29 is 13.2 Å². The number of benzene rings is 1. The van der Waals surface area contributed by atoms with Gasteiger partial charge in [-0.2, -0.15) is 13.2 Å². The van der Waals surface area contributed by atoms with E-state index in [4.69, 9.17) is 5.73 Å². The van der Waals surface area contributed by atoms with E-state index in [0.29, 0.717) is 18.5 Å². The molecular weight excluding hydrogens is 273 g/mol. The molecule has 0 aliphatic carbocycles. The van der Waals surface area contributed by atoms with Gasteiger partial charge in [-0.1, -0.05) is 18.2 Å². The van der Waals surface area contributed by atoms with Gasteiger partial charge in [-0.3, -0.25) is 0 Å². The van der Waals surface area contributed by atoms with Crippen molar-refractivity contribution in [2.24, 2.45) is 5.73 Å². The summed E-state index contributed by atoms with van der Waals surface area (Å²) in [5.74, 6) is 0. The lowest BCUT2D eigenvalue weighted by Gasteiger charge is -2.07. The first-order valence-electron chi connectivity index (χ1n) is 5.79. The van der Waals surface area contributed by atoms with Gasteiger partial charge in [0.05, 0.1) is 10.6 Å². The van der Waals surface area contributed by atoms with E-state index in [1.165, 1.54) is 23.5 Å². The second-order valence-corrected chi connectivity index (χ2v) is 5.33. The zero-order chi connectivity index (χ0) is 13.9. The first kappa shape index (κ1) is 14.0. The number of halogens is 3. The molecule has 6 heteroatoms. The van der Waals surface area contributed by atoms with Crippen molar-refractivity contribution in [2.75, 3.05) is 6.54 Å². The predicted octanol–water partition coefficient (Wildman–Crippen LogP) is 3.25. The molecule has 2 rings (SSSR count). The van der Waals surface area contributed by atoms with E-state index in [1.807, 2.05) is 0 Å². The van der Waals surface area contributed by atoms with Gasteiger partial charge in [0, 0.05) is 17.5 Å². The molecule has 0 saturated carbocycles.